The molecular weight excluding hydrogens is 367 g/mol. The van der Waals surface area contributed by atoms with Gasteiger partial charge in [-0.1, -0.05) is 32.0 Å². The van der Waals surface area contributed by atoms with Gasteiger partial charge in [0.15, 0.2) is 0 Å². The van der Waals surface area contributed by atoms with Gasteiger partial charge in [-0.2, -0.15) is 0 Å². The maximum Gasteiger partial charge on any atom is 0.251 e. The Morgan fingerprint density at radius 1 is 1.17 bits per heavy atom. The molecule has 2 amide bonds. The lowest BCUT2D eigenvalue weighted by Gasteiger charge is -2.22. The van der Waals surface area contributed by atoms with Crippen molar-refractivity contribution < 1.29 is 14.0 Å². The summed E-state index contributed by atoms with van der Waals surface area (Å²) in [5.41, 5.74) is 3.16. The standard InChI is InChI=1S/C24H27FN2O2/c1-13(2)20-12-26-24(29)22(20)16-9-15(19-7-4-14(3)8-21(19)25)10-17(11-16)23(28)27-18-5-6-18/h4,7-11,13,18,20,22H,5-6,12H2,1-3H3,(H,26,29)(H,27,28)/t20?,22-/m0/s1. The van der Waals surface area contributed by atoms with Gasteiger partial charge in [0.1, 0.15) is 5.82 Å². The Balaban J connectivity index is 1.81. The Morgan fingerprint density at radius 2 is 1.93 bits per heavy atom. The molecule has 2 aliphatic rings. The summed E-state index contributed by atoms with van der Waals surface area (Å²) in [5, 5.41) is 5.96. The fourth-order valence-electron chi connectivity index (χ4n) is 4.13. The molecule has 1 unspecified atom stereocenters. The van der Waals surface area contributed by atoms with Crippen LogP contribution in [0.4, 0.5) is 4.39 Å². The number of rotatable bonds is 5. The van der Waals surface area contributed by atoms with Crippen molar-refractivity contribution in [2.75, 3.05) is 6.54 Å². The van der Waals surface area contributed by atoms with Gasteiger partial charge < -0.3 is 10.6 Å². The van der Waals surface area contributed by atoms with Gasteiger partial charge in [0.2, 0.25) is 5.91 Å². The molecule has 152 valence electrons. The highest BCUT2D eigenvalue weighted by molar-refractivity contribution is 5.97. The zero-order chi connectivity index (χ0) is 20.7. The molecule has 29 heavy (non-hydrogen) atoms. The molecule has 5 heteroatoms. The van der Waals surface area contributed by atoms with Gasteiger partial charge in [-0.3, -0.25) is 9.59 Å². The third-order valence-corrected chi connectivity index (χ3v) is 6.00. The molecule has 1 saturated carbocycles. The van der Waals surface area contributed by atoms with Crippen LogP contribution in [-0.4, -0.2) is 24.4 Å². The lowest BCUT2D eigenvalue weighted by atomic mass is 9.80. The molecule has 2 fully saturated rings. The Morgan fingerprint density at radius 3 is 2.59 bits per heavy atom. The maximum absolute atomic E-state index is 14.7. The number of benzene rings is 2. The van der Waals surface area contributed by atoms with E-state index in [4.69, 9.17) is 0 Å². The van der Waals surface area contributed by atoms with E-state index in [0.717, 1.165) is 24.0 Å². The first-order valence-corrected chi connectivity index (χ1v) is 10.3. The van der Waals surface area contributed by atoms with Crippen molar-refractivity contribution in [1.82, 2.24) is 10.6 Å². The van der Waals surface area contributed by atoms with E-state index in [1.807, 2.05) is 19.1 Å². The van der Waals surface area contributed by atoms with Gasteiger partial charge in [0.25, 0.3) is 5.91 Å². The largest absolute Gasteiger partial charge is 0.355 e. The SMILES string of the molecule is Cc1ccc(-c2cc(C(=O)NC3CC3)cc([C@@H]3C(=O)NCC3C(C)C)c2)c(F)c1. The number of hydrogen-bond donors (Lipinski definition) is 2. The summed E-state index contributed by atoms with van der Waals surface area (Å²) in [6, 6.07) is 10.7. The van der Waals surface area contributed by atoms with Gasteiger partial charge in [0, 0.05) is 23.7 Å². The number of carbonyl (C=O) groups is 2. The Labute approximate surface area is 170 Å². The highest BCUT2D eigenvalue weighted by Crippen LogP contribution is 2.37. The number of carbonyl (C=O) groups excluding carboxylic acids is 2. The summed E-state index contributed by atoms with van der Waals surface area (Å²) >= 11 is 0. The predicted molar refractivity (Wildman–Crippen MR) is 111 cm³/mol. The molecule has 2 aromatic carbocycles. The number of amides is 2. The zero-order valence-electron chi connectivity index (χ0n) is 17.1. The highest BCUT2D eigenvalue weighted by Gasteiger charge is 2.38. The zero-order valence-corrected chi connectivity index (χ0v) is 17.1. The molecular formula is C24H27FN2O2. The minimum Gasteiger partial charge on any atom is -0.355 e. The predicted octanol–water partition coefficient (Wildman–Crippen LogP) is 4.18. The average Bonchev–Trinajstić information content (AvgIpc) is 3.39. The smallest absolute Gasteiger partial charge is 0.251 e. The topological polar surface area (TPSA) is 58.2 Å². The molecule has 4 rings (SSSR count). The van der Waals surface area contributed by atoms with Crippen LogP contribution in [0.15, 0.2) is 36.4 Å². The quantitative estimate of drug-likeness (QED) is 0.799. The van der Waals surface area contributed by atoms with E-state index in [1.165, 1.54) is 6.07 Å². The van der Waals surface area contributed by atoms with Crippen molar-refractivity contribution in [3.8, 4) is 11.1 Å². The normalized spacial score (nSPS) is 21.3. The van der Waals surface area contributed by atoms with Crippen LogP contribution in [-0.2, 0) is 4.79 Å². The fourth-order valence-corrected chi connectivity index (χ4v) is 4.13. The summed E-state index contributed by atoms with van der Waals surface area (Å²) in [7, 11) is 0. The summed E-state index contributed by atoms with van der Waals surface area (Å²) in [4.78, 5) is 25.4. The van der Waals surface area contributed by atoms with E-state index in [0.29, 0.717) is 29.2 Å². The van der Waals surface area contributed by atoms with Crippen molar-refractivity contribution in [1.29, 1.82) is 0 Å². The average molecular weight is 394 g/mol. The number of hydrogen-bond acceptors (Lipinski definition) is 2. The van der Waals surface area contributed by atoms with Crippen LogP contribution in [0.25, 0.3) is 11.1 Å². The van der Waals surface area contributed by atoms with Crippen molar-refractivity contribution in [3.63, 3.8) is 0 Å². The van der Waals surface area contributed by atoms with Crippen LogP contribution in [0.5, 0.6) is 0 Å². The molecule has 2 atom stereocenters. The van der Waals surface area contributed by atoms with Crippen LogP contribution in [0.3, 0.4) is 0 Å². The minimum absolute atomic E-state index is 0.0289. The van der Waals surface area contributed by atoms with Crippen LogP contribution in [0.2, 0.25) is 0 Å². The Bertz CT molecular complexity index is 965. The van der Waals surface area contributed by atoms with Crippen LogP contribution in [0, 0.1) is 24.6 Å². The van der Waals surface area contributed by atoms with Crippen molar-refractivity contribution >= 4 is 11.8 Å². The van der Waals surface area contributed by atoms with E-state index in [1.54, 1.807) is 18.2 Å². The molecule has 0 bridgehead atoms. The third-order valence-electron chi connectivity index (χ3n) is 6.00. The van der Waals surface area contributed by atoms with Crippen LogP contribution < -0.4 is 10.6 Å². The number of aryl methyl sites for hydroxylation is 1. The molecule has 0 radical (unpaired) electrons. The molecule has 0 aromatic heterocycles. The van der Waals surface area contributed by atoms with Crippen molar-refractivity contribution in [2.24, 2.45) is 11.8 Å². The van der Waals surface area contributed by atoms with Crippen molar-refractivity contribution in [3.05, 3.63) is 58.9 Å². The van der Waals surface area contributed by atoms with E-state index < -0.39 is 0 Å². The summed E-state index contributed by atoms with van der Waals surface area (Å²) < 4.78 is 14.7. The molecule has 2 aromatic rings. The first kappa shape index (κ1) is 19.6. The van der Waals surface area contributed by atoms with Crippen LogP contribution in [0.1, 0.15) is 54.1 Å². The van der Waals surface area contributed by atoms with Gasteiger partial charge >= 0.3 is 0 Å². The number of nitrogens with one attached hydrogen (secondary N) is 2. The fraction of sp³-hybridized carbons (Fsp3) is 0.417. The molecule has 1 aliphatic carbocycles. The molecule has 1 heterocycles. The maximum atomic E-state index is 14.7. The van der Waals surface area contributed by atoms with E-state index in [9.17, 15) is 14.0 Å². The van der Waals surface area contributed by atoms with Gasteiger partial charge in [-0.25, -0.2) is 4.39 Å². The van der Waals surface area contributed by atoms with E-state index in [2.05, 4.69) is 24.5 Å². The Hall–Kier alpha value is -2.69. The second kappa shape index (κ2) is 7.62. The molecule has 1 saturated heterocycles. The first-order chi connectivity index (χ1) is 13.8. The van der Waals surface area contributed by atoms with Gasteiger partial charge in [-0.15, -0.1) is 0 Å². The third kappa shape index (κ3) is 4.04. The van der Waals surface area contributed by atoms with Crippen LogP contribution >= 0.6 is 0 Å². The molecule has 0 spiro atoms. The Kier molecular flexibility index (Phi) is 5.15. The lowest BCUT2D eigenvalue weighted by Crippen LogP contribution is -2.26. The summed E-state index contributed by atoms with van der Waals surface area (Å²) in [6.07, 6.45) is 1.98. The highest BCUT2D eigenvalue weighted by atomic mass is 19.1. The molecule has 1 aliphatic heterocycles. The minimum atomic E-state index is -0.337. The lowest BCUT2D eigenvalue weighted by molar-refractivity contribution is -0.120. The van der Waals surface area contributed by atoms with E-state index in [-0.39, 0.29) is 35.5 Å². The number of halogens is 1. The molecule has 2 N–H and O–H groups in total. The van der Waals surface area contributed by atoms with Gasteiger partial charge in [-0.05, 0) is 66.5 Å². The second-order valence-corrected chi connectivity index (χ2v) is 8.71. The monoisotopic (exact) mass is 394 g/mol. The first-order valence-electron chi connectivity index (χ1n) is 10.3. The second-order valence-electron chi connectivity index (χ2n) is 8.71. The molecule has 4 nitrogen and oxygen atoms in total. The summed E-state index contributed by atoms with van der Waals surface area (Å²) in [6.45, 7) is 6.66. The summed E-state index contributed by atoms with van der Waals surface area (Å²) in [5.74, 6) is -0.410. The van der Waals surface area contributed by atoms with E-state index >= 15 is 0 Å². The van der Waals surface area contributed by atoms with Crippen molar-refractivity contribution in [2.45, 2.75) is 45.6 Å². The van der Waals surface area contributed by atoms with Gasteiger partial charge in [0.05, 0.1) is 5.92 Å².